The molecule has 0 unspecified atom stereocenters. The number of hydrogen-bond donors (Lipinski definition) is 1. The Bertz CT molecular complexity index is 102. The molecule has 0 atom stereocenters. The van der Waals surface area contributed by atoms with Crippen LogP contribution in [-0.4, -0.2) is 30.8 Å². The van der Waals surface area contributed by atoms with E-state index in [1.54, 1.807) is 6.21 Å². The van der Waals surface area contributed by atoms with E-state index in [0.717, 1.165) is 19.1 Å². The van der Waals surface area contributed by atoms with E-state index >= 15 is 0 Å². The molecule has 10 heavy (non-hydrogen) atoms. The maximum atomic E-state index is 9.81. The van der Waals surface area contributed by atoms with Gasteiger partial charge in [0.25, 0.3) is 0 Å². The summed E-state index contributed by atoms with van der Waals surface area (Å²) in [6.07, 6.45) is 4.95. The zero-order chi connectivity index (χ0) is 7.66. The van der Waals surface area contributed by atoms with Crippen LogP contribution in [0.3, 0.4) is 0 Å². The van der Waals surface area contributed by atoms with Crippen LogP contribution in [0.5, 0.6) is 0 Å². The maximum absolute atomic E-state index is 9.81. The monoisotopic (exact) mass is 143 g/mol. The summed E-state index contributed by atoms with van der Waals surface area (Å²) in [5.41, 5.74) is 0. The summed E-state index contributed by atoms with van der Waals surface area (Å²) >= 11 is 0. The van der Waals surface area contributed by atoms with Gasteiger partial charge in [0.15, 0.2) is 0 Å². The van der Waals surface area contributed by atoms with Crippen molar-refractivity contribution >= 4 is 12.5 Å². The van der Waals surface area contributed by atoms with Gasteiger partial charge in [-0.1, -0.05) is 0 Å². The Labute approximate surface area is 60.8 Å². The van der Waals surface area contributed by atoms with Gasteiger partial charge in [-0.15, -0.1) is 0 Å². The van der Waals surface area contributed by atoms with E-state index in [1.807, 2.05) is 0 Å². The molecule has 0 radical (unpaired) electrons. The maximum Gasteiger partial charge on any atom is 0.120 e. The molecule has 3 heteroatoms. The minimum atomic E-state index is 0.101. The Morgan fingerprint density at radius 1 is 1.40 bits per heavy atom. The minimum absolute atomic E-state index is 0.101. The molecule has 0 aliphatic carbocycles. The molecule has 0 amide bonds. The molecule has 0 aromatic rings. The number of aliphatic imine (C=N–C) groups is 1. The molecule has 0 rings (SSSR count). The van der Waals surface area contributed by atoms with Crippen LogP contribution in [0.4, 0.5) is 0 Å². The second kappa shape index (κ2) is 8.30. The number of aliphatic hydroxyl groups is 1. The van der Waals surface area contributed by atoms with Crippen molar-refractivity contribution in [2.45, 2.75) is 19.3 Å². The fourth-order valence-electron chi connectivity index (χ4n) is 0.533. The van der Waals surface area contributed by atoms with E-state index < -0.39 is 0 Å². The van der Waals surface area contributed by atoms with Crippen LogP contribution in [-0.2, 0) is 4.79 Å². The molecular formula is C7H13NO2. The first-order valence-electron chi connectivity index (χ1n) is 3.44. The number of aliphatic hydroxyl groups excluding tert-OH is 1. The zero-order valence-electron chi connectivity index (χ0n) is 5.99. The highest BCUT2D eigenvalue weighted by Gasteiger charge is 1.81. The van der Waals surface area contributed by atoms with Gasteiger partial charge in [0.2, 0.25) is 0 Å². The van der Waals surface area contributed by atoms with Crippen LogP contribution in [0.25, 0.3) is 0 Å². The Morgan fingerprint density at radius 3 is 2.80 bits per heavy atom. The van der Waals surface area contributed by atoms with Gasteiger partial charge in [0.1, 0.15) is 6.29 Å². The summed E-state index contributed by atoms with van der Waals surface area (Å²) in [6, 6.07) is 0. The van der Waals surface area contributed by atoms with Gasteiger partial charge in [0, 0.05) is 6.42 Å². The number of carbonyl (C=O) groups is 1. The number of hydrogen-bond acceptors (Lipinski definition) is 3. The van der Waals surface area contributed by atoms with E-state index in [1.165, 1.54) is 0 Å². The van der Waals surface area contributed by atoms with Gasteiger partial charge < -0.3 is 9.90 Å². The third kappa shape index (κ3) is 7.30. The van der Waals surface area contributed by atoms with Gasteiger partial charge in [-0.3, -0.25) is 4.99 Å². The van der Waals surface area contributed by atoms with Crippen LogP contribution in [0.2, 0.25) is 0 Å². The highest BCUT2D eigenvalue weighted by atomic mass is 16.3. The smallest absolute Gasteiger partial charge is 0.120 e. The van der Waals surface area contributed by atoms with E-state index in [4.69, 9.17) is 5.11 Å². The number of nitrogens with zero attached hydrogens (tertiary/aromatic N) is 1. The summed E-state index contributed by atoms with van der Waals surface area (Å²) in [5.74, 6) is 0. The van der Waals surface area contributed by atoms with E-state index in [2.05, 4.69) is 4.99 Å². The molecule has 0 saturated carbocycles. The third-order valence-corrected chi connectivity index (χ3v) is 1.01. The van der Waals surface area contributed by atoms with Crippen molar-refractivity contribution in [3.63, 3.8) is 0 Å². The van der Waals surface area contributed by atoms with E-state index in [9.17, 15) is 4.79 Å². The van der Waals surface area contributed by atoms with Gasteiger partial charge in [0.05, 0.1) is 13.2 Å². The predicted molar refractivity (Wildman–Crippen MR) is 40.4 cm³/mol. The topological polar surface area (TPSA) is 49.7 Å². The molecule has 0 heterocycles. The second-order valence-corrected chi connectivity index (χ2v) is 1.91. The van der Waals surface area contributed by atoms with Crippen LogP contribution in [0.15, 0.2) is 4.99 Å². The third-order valence-electron chi connectivity index (χ3n) is 1.01. The molecule has 0 aromatic carbocycles. The highest BCUT2D eigenvalue weighted by Crippen LogP contribution is 1.87. The Balaban J connectivity index is 2.94. The fourth-order valence-corrected chi connectivity index (χ4v) is 0.533. The molecule has 0 aromatic heterocycles. The molecule has 0 fully saturated rings. The van der Waals surface area contributed by atoms with Crippen LogP contribution in [0, 0.1) is 0 Å². The number of carbonyl (C=O) groups excluding carboxylic acids is 1. The average molecular weight is 143 g/mol. The quantitative estimate of drug-likeness (QED) is 0.333. The van der Waals surface area contributed by atoms with Crippen molar-refractivity contribution < 1.29 is 9.90 Å². The number of unbranched alkanes of at least 4 members (excludes halogenated alkanes) is 2. The Hall–Kier alpha value is -0.700. The molecule has 0 saturated heterocycles. The van der Waals surface area contributed by atoms with Crippen molar-refractivity contribution in [1.82, 2.24) is 0 Å². The fraction of sp³-hybridized carbons (Fsp3) is 0.714. The largest absolute Gasteiger partial charge is 0.394 e. The highest BCUT2D eigenvalue weighted by molar-refractivity contribution is 5.58. The number of rotatable bonds is 6. The normalized spacial score (nSPS) is 10.5. The molecule has 0 aliphatic heterocycles. The summed E-state index contributed by atoms with van der Waals surface area (Å²) in [4.78, 5) is 13.7. The average Bonchev–Trinajstić information content (AvgIpc) is 1.97. The molecular weight excluding hydrogens is 130 g/mol. The Kier molecular flexibility index (Phi) is 7.72. The van der Waals surface area contributed by atoms with Gasteiger partial charge in [-0.2, -0.15) is 0 Å². The first-order valence-corrected chi connectivity index (χ1v) is 3.44. The SMILES string of the molecule is O=CCCCC=NCCO. The Morgan fingerprint density at radius 2 is 2.20 bits per heavy atom. The van der Waals surface area contributed by atoms with Crippen molar-refractivity contribution in [3.05, 3.63) is 0 Å². The molecule has 0 bridgehead atoms. The summed E-state index contributed by atoms with van der Waals surface area (Å²) in [7, 11) is 0. The lowest BCUT2D eigenvalue weighted by molar-refractivity contribution is -0.107. The zero-order valence-corrected chi connectivity index (χ0v) is 5.99. The molecule has 58 valence electrons. The molecule has 3 nitrogen and oxygen atoms in total. The lowest BCUT2D eigenvalue weighted by atomic mass is 10.3. The second-order valence-electron chi connectivity index (χ2n) is 1.91. The number of aldehydes is 1. The molecule has 0 aliphatic rings. The first-order chi connectivity index (χ1) is 4.91. The summed E-state index contributed by atoms with van der Waals surface area (Å²) in [5, 5.41) is 8.30. The van der Waals surface area contributed by atoms with Crippen LogP contribution < -0.4 is 0 Å². The van der Waals surface area contributed by atoms with Gasteiger partial charge in [-0.25, -0.2) is 0 Å². The van der Waals surface area contributed by atoms with Gasteiger partial charge in [-0.05, 0) is 19.1 Å². The minimum Gasteiger partial charge on any atom is -0.394 e. The van der Waals surface area contributed by atoms with Gasteiger partial charge >= 0.3 is 0 Å². The van der Waals surface area contributed by atoms with Crippen molar-refractivity contribution in [1.29, 1.82) is 0 Å². The molecule has 1 N–H and O–H groups in total. The van der Waals surface area contributed by atoms with E-state index in [0.29, 0.717) is 13.0 Å². The lowest BCUT2D eigenvalue weighted by Crippen LogP contribution is -1.87. The van der Waals surface area contributed by atoms with E-state index in [-0.39, 0.29) is 6.61 Å². The van der Waals surface area contributed by atoms with Crippen LogP contribution in [0.1, 0.15) is 19.3 Å². The standard InChI is InChI=1S/C7H13NO2/c9-6-3-1-2-4-8-5-7-10/h4,6,10H,1-3,5,7H2. The first kappa shape index (κ1) is 9.30. The lowest BCUT2D eigenvalue weighted by Gasteiger charge is -1.86. The van der Waals surface area contributed by atoms with Crippen molar-refractivity contribution in [2.75, 3.05) is 13.2 Å². The van der Waals surface area contributed by atoms with Crippen molar-refractivity contribution in [3.8, 4) is 0 Å². The van der Waals surface area contributed by atoms with Crippen LogP contribution >= 0.6 is 0 Å². The summed E-state index contributed by atoms with van der Waals surface area (Å²) in [6.45, 7) is 0.575. The summed E-state index contributed by atoms with van der Waals surface area (Å²) < 4.78 is 0. The predicted octanol–water partition coefficient (Wildman–Crippen LogP) is 0.419. The molecule has 0 spiro atoms. The van der Waals surface area contributed by atoms with Crippen molar-refractivity contribution in [2.24, 2.45) is 4.99 Å².